The molecular weight excluding hydrogens is 793 g/mol. The lowest BCUT2D eigenvalue weighted by Crippen LogP contribution is -1.91. The van der Waals surface area contributed by atoms with Gasteiger partial charge in [0.25, 0.3) is 0 Å². The monoisotopic (exact) mass is 883 g/mol. The van der Waals surface area contributed by atoms with Crippen molar-refractivity contribution < 1.29 is 8.83 Å². The molecule has 5 aromatic rings. The summed E-state index contributed by atoms with van der Waals surface area (Å²) in [6.45, 7) is 9.25. The molecule has 0 spiro atoms. The van der Waals surface area contributed by atoms with Gasteiger partial charge in [0.2, 0.25) is 0 Å². The van der Waals surface area contributed by atoms with Crippen LogP contribution >= 0.6 is 22.7 Å². The number of unbranched alkanes of at least 4 members (excludes halogenated alkanes) is 28. The summed E-state index contributed by atoms with van der Waals surface area (Å²) >= 11 is 3.79. The quantitative estimate of drug-likeness (QED) is 0.0369. The molecule has 0 amide bonds. The lowest BCUT2D eigenvalue weighted by Gasteiger charge is -2.06. The summed E-state index contributed by atoms with van der Waals surface area (Å²) in [5.41, 5.74) is 7.93. The molecule has 0 saturated heterocycles. The normalized spacial score (nSPS) is 11.9. The predicted octanol–water partition coefficient (Wildman–Crippen LogP) is 21.4. The summed E-state index contributed by atoms with van der Waals surface area (Å²) in [5, 5.41) is 7.20. The van der Waals surface area contributed by atoms with Crippen molar-refractivity contribution in [3.8, 4) is 21.3 Å². The molecule has 0 bridgehead atoms. The Morgan fingerprint density at radius 1 is 0.339 bits per heavy atom. The molecule has 5 rings (SSSR count). The first-order valence-electron chi connectivity index (χ1n) is 26.8. The van der Waals surface area contributed by atoms with Crippen LogP contribution in [-0.4, -0.2) is 0 Å². The highest BCUT2D eigenvalue weighted by molar-refractivity contribution is 7.14. The number of rotatable bonds is 38. The Morgan fingerprint density at radius 2 is 0.613 bits per heavy atom. The topological polar surface area (TPSA) is 26.3 Å². The van der Waals surface area contributed by atoms with Crippen LogP contribution in [0.25, 0.3) is 43.2 Å². The van der Waals surface area contributed by atoms with Crippen LogP contribution in [0.2, 0.25) is 0 Å². The second kappa shape index (κ2) is 30.8. The van der Waals surface area contributed by atoms with Crippen molar-refractivity contribution in [3.05, 3.63) is 57.3 Å². The van der Waals surface area contributed by atoms with Crippen LogP contribution in [0.3, 0.4) is 0 Å². The summed E-state index contributed by atoms with van der Waals surface area (Å²) in [7, 11) is 0. The van der Waals surface area contributed by atoms with Crippen molar-refractivity contribution in [2.45, 2.75) is 259 Å². The van der Waals surface area contributed by atoms with E-state index in [1.165, 1.54) is 248 Å². The van der Waals surface area contributed by atoms with Crippen molar-refractivity contribution >= 4 is 44.6 Å². The standard InChI is InChI=1S/C58H90O2S2/c1-5-9-13-17-21-25-29-33-37-47-41-43-61-57(47)55-49(39-35-31-27-23-19-15-11-7-3)51-45-54-52(46-53(51)59-55)50(40-36-32-28-24-20-16-12-8-4)56(60-54)58-48(42-44-62-58)38-34-30-26-22-18-14-10-6-2/h41-46H,5-40H2,1-4H3. The van der Waals surface area contributed by atoms with Gasteiger partial charge in [0.05, 0.1) is 9.75 Å². The summed E-state index contributed by atoms with van der Waals surface area (Å²) in [5.74, 6) is 2.30. The van der Waals surface area contributed by atoms with E-state index in [-0.39, 0.29) is 0 Å². The maximum absolute atomic E-state index is 7.14. The molecule has 62 heavy (non-hydrogen) atoms. The van der Waals surface area contributed by atoms with E-state index in [1.54, 1.807) is 0 Å². The minimum atomic E-state index is 1.06. The van der Waals surface area contributed by atoms with Gasteiger partial charge >= 0.3 is 0 Å². The van der Waals surface area contributed by atoms with Crippen LogP contribution in [0.15, 0.2) is 43.9 Å². The number of aryl methyl sites for hydroxylation is 4. The molecule has 0 saturated carbocycles. The van der Waals surface area contributed by atoms with Gasteiger partial charge in [-0.05, 0) is 97.5 Å². The van der Waals surface area contributed by atoms with Crippen molar-refractivity contribution in [2.24, 2.45) is 0 Å². The Kier molecular flexibility index (Phi) is 25.2. The summed E-state index contributed by atoms with van der Waals surface area (Å²) in [6.07, 6.45) is 47.6. The van der Waals surface area contributed by atoms with Gasteiger partial charge in [-0.3, -0.25) is 0 Å². The summed E-state index contributed by atoms with van der Waals surface area (Å²) in [6, 6.07) is 9.58. The number of hydrogen-bond donors (Lipinski definition) is 0. The molecule has 0 fully saturated rings. The molecule has 1 aromatic carbocycles. The highest BCUT2D eigenvalue weighted by Gasteiger charge is 2.24. The first-order chi connectivity index (χ1) is 30.7. The first-order valence-corrected chi connectivity index (χ1v) is 28.6. The molecule has 0 aliphatic rings. The van der Waals surface area contributed by atoms with E-state index in [0.29, 0.717) is 0 Å². The van der Waals surface area contributed by atoms with E-state index in [4.69, 9.17) is 8.83 Å². The third-order valence-corrected chi connectivity index (χ3v) is 15.7. The van der Waals surface area contributed by atoms with E-state index in [1.807, 2.05) is 22.7 Å². The van der Waals surface area contributed by atoms with E-state index >= 15 is 0 Å². The molecule has 2 nitrogen and oxygen atoms in total. The minimum Gasteiger partial charge on any atom is -0.455 e. The Bertz CT molecular complexity index is 1740. The zero-order chi connectivity index (χ0) is 43.5. The maximum Gasteiger partial charge on any atom is 0.148 e. The van der Waals surface area contributed by atoms with Gasteiger partial charge in [0.15, 0.2) is 0 Å². The molecule has 0 atom stereocenters. The first kappa shape index (κ1) is 50.7. The maximum atomic E-state index is 7.14. The van der Waals surface area contributed by atoms with Gasteiger partial charge in [-0.25, -0.2) is 0 Å². The largest absolute Gasteiger partial charge is 0.455 e. The third kappa shape index (κ3) is 16.6. The Balaban J connectivity index is 1.40. The van der Waals surface area contributed by atoms with Crippen molar-refractivity contribution in [1.29, 1.82) is 0 Å². The smallest absolute Gasteiger partial charge is 0.148 e. The molecule has 4 heteroatoms. The fraction of sp³-hybridized carbons (Fsp3) is 0.690. The Hall–Kier alpha value is -2.30. The van der Waals surface area contributed by atoms with Gasteiger partial charge < -0.3 is 8.83 Å². The van der Waals surface area contributed by atoms with E-state index in [2.05, 4.69) is 62.7 Å². The lowest BCUT2D eigenvalue weighted by molar-refractivity contribution is 0.573. The molecule has 346 valence electrons. The average molecular weight is 883 g/mol. The van der Waals surface area contributed by atoms with Crippen LogP contribution in [0, 0.1) is 0 Å². The Labute approximate surface area is 388 Å². The van der Waals surface area contributed by atoms with Crippen LogP contribution in [0.5, 0.6) is 0 Å². The summed E-state index contributed by atoms with van der Waals surface area (Å²) in [4.78, 5) is 2.75. The van der Waals surface area contributed by atoms with E-state index in [9.17, 15) is 0 Å². The van der Waals surface area contributed by atoms with Gasteiger partial charge in [0.1, 0.15) is 22.7 Å². The number of benzene rings is 1. The second-order valence-corrected chi connectivity index (χ2v) is 20.9. The lowest BCUT2D eigenvalue weighted by atomic mass is 9.97. The van der Waals surface area contributed by atoms with Gasteiger partial charge in [-0.1, -0.05) is 207 Å². The van der Waals surface area contributed by atoms with Crippen molar-refractivity contribution in [3.63, 3.8) is 0 Å². The molecule has 0 radical (unpaired) electrons. The Morgan fingerprint density at radius 3 is 0.919 bits per heavy atom. The highest BCUT2D eigenvalue weighted by atomic mass is 32.1. The average Bonchev–Trinajstić information content (AvgIpc) is 4.09. The molecule has 4 heterocycles. The van der Waals surface area contributed by atoms with Crippen LogP contribution in [-0.2, 0) is 25.7 Å². The molecular formula is C58H90O2S2. The highest BCUT2D eigenvalue weighted by Crippen LogP contribution is 2.45. The molecule has 4 aromatic heterocycles. The molecule has 0 N–H and O–H groups in total. The van der Waals surface area contributed by atoms with Crippen LogP contribution in [0.1, 0.15) is 255 Å². The van der Waals surface area contributed by atoms with E-state index in [0.717, 1.165) is 48.4 Å². The zero-order valence-corrected chi connectivity index (χ0v) is 42.2. The van der Waals surface area contributed by atoms with Crippen molar-refractivity contribution in [1.82, 2.24) is 0 Å². The fourth-order valence-electron chi connectivity index (χ4n) is 9.88. The minimum absolute atomic E-state index is 1.06. The SMILES string of the molecule is CCCCCCCCCCc1ccsc1-c1oc2cc3c(CCCCCCCCCC)c(-c4sccc4CCCCCCCCCC)oc3cc2c1CCCCCCCCCC. The number of thiophene rings is 2. The van der Waals surface area contributed by atoms with Crippen LogP contribution in [0.4, 0.5) is 0 Å². The van der Waals surface area contributed by atoms with Gasteiger partial charge in [-0.15, -0.1) is 22.7 Å². The summed E-state index contributed by atoms with van der Waals surface area (Å²) < 4.78 is 14.3. The molecule has 0 aliphatic heterocycles. The van der Waals surface area contributed by atoms with E-state index < -0.39 is 0 Å². The number of fused-ring (bicyclic) bond motifs is 2. The molecule has 0 aliphatic carbocycles. The van der Waals surface area contributed by atoms with Gasteiger partial charge in [-0.2, -0.15) is 0 Å². The predicted molar refractivity (Wildman–Crippen MR) is 278 cm³/mol. The third-order valence-electron chi connectivity index (χ3n) is 13.8. The number of furan rings is 2. The number of hydrogen-bond acceptors (Lipinski definition) is 4. The van der Waals surface area contributed by atoms with Crippen LogP contribution < -0.4 is 0 Å². The zero-order valence-electron chi connectivity index (χ0n) is 40.6. The van der Waals surface area contributed by atoms with Crippen molar-refractivity contribution in [2.75, 3.05) is 0 Å². The van der Waals surface area contributed by atoms with Gasteiger partial charge in [0, 0.05) is 21.9 Å². The fourth-order valence-corrected chi connectivity index (χ4v) is 11.8. The second-order valence-electron chi connectivity index (χ2n) is 19.1. The molecule has 0 unspecified atom stereocenters.